The largest absolute Gasteiger partial charge is 0.471 e. The monoisotopic (exact) mass is 468 g/mol. The average Bonchev–Trinajstić information content (AvgIpc) is 3.45. The minimum atomic E-state index is -0.475. The van der Waals surface area contributed by atoms with Crippen LogP contribution in [0.4, 0.5) is 10.3 Å². The molecule has 8 nitrogen and oxygen atoms in total. The minimum Gasteiger partial charge on any atom is -0.471 e. The van der Waals surface area contributed by atoms with E-state index in [9.17, 15) is 9.18 Å². The van der Waals surface area contributed by atoms with Gasteiger partial charge in [0, 0.05) is 16.8 Å². The Morgan fingerprint density at radius 3 is 2.64 bits per heavy atom. The molecule has 4 aromatic rings. The lowest BCUT2D eigenvalue weighted by Gasteiger charge is -2.09. The van der Waals surface area contributed by atoms with Crippen molar-refractivity contribution in [3.63, 3.8) is 0 Å². The van der Waals surface area contributed by atoms with Gasteiger partial charge in [-0.2, -0.15) is 5.10 Å². The number of amides is 1. The van der Waals surface area contributed by atoms with Gasteiger partial charge in [-0.25, -0.2) is 18.7 Å². The molecule has 0 aliphatic carbocycles. The number of hydrogen-bond acceptors (Lipinski definition) is 5. The number of nitrogens with one attached hydrogen (secondary N) is 1. The van der Waals surface area contributed by atoms with Crippen LogP contribution in [-0.4, -0.2) is 30.5 Å². The van der Waals surface area contributed by atoms with Crippen molar-refractivity contribution in [2.75, 3.05) is 5.32 Å². The van der Waals surface area contributed by atoms with Gasteiger partial charge in [-0.3, -0.25) is 10.1 Å². The lowest BCUT2D eigenvalue weighted by molar-refractivity contribution is 0.101. The van der Waals surface area contributed by atoms with Gasteiger partial charge < -0.3 is 4.74 Å². The fourth-order valence-corrected chi connectivity index (χ4v) is 3.31. The van der Waals surface area contributed by atoms with Gasteiger partial charge in [0.05, 0.1) is 6.54 Å². The van der Waals surface area contributed by atoms with Gasteiger partial charge in [0.1, 0.15) is 17.9 Å². The summed E-state index contributed by atoms with van der Waals surface area (Å²) in [4.78, 5) is 16.5. The summed E-state index contributed by atoms with van der Waals surface area (Å²) in [5.74, 6) is 0.322. The van der Waals surface area contributed by atoms with Gasteiger partial charge in [-0.15, -0.1) is 5.10 Å². The highest BCUT2D eigenvalue weighted by molar-refractivity contribution is 6.31. The standard InChI is InChI=1S/C23H22ClFN6O2/c1-15(2)16-6-8-17(9-7-16)33-14-30-11-10-21(28-30)22(32)27-23-26-13-31(29-23)12-18-19(24)4-3-5-20(18)25/h3-11,13,15H,12,14H2,1-2H3,(H,27,29,32). The van der Waals surface area contributed by atoms with Crippen LogP contribution < -0.4 is 10.1 Å². The van der Waals surface area contributed by atoms with E-state index < -0.39 is 11.7 Å². The fourth-order valence-electron chi connectivity index (χ4n) is 3.08. The predicted molar refractivity (Wildman–Crippen MR) is 122 cm³/mol. The Morgan fingerprint density at radius 2 is 1.91 bits per heavy atom. The number of anilines is 1. The second-order valence-corrected chi connectivity index (χ2v) is 8.06. The van der Waals surface area contributed by atoms with Crippen molar-refractivity contribution in [3.05, 3.63) is 88.7 Å². The smallest absolute Gasteiger partial charge is 0.278 e. The van der Waals surface area contributed by atoms with Crippen molar-refractivity contribution in [2.24, 2.45) is 0 Å². The summed E-state index contributed by atoms with van der Waals surface area (Å²) >= 11 is 6.04. The molecule has 0 aliphatic heterocycles. The van der Waals surface area contributed by atoms with Gasteiger partial charge >= 0.3 is 0 Å². The second-order valence-electron chi connectivity index (χ2n) is 7.66. The maximum absolute atomic E-state index is 14.0. The SMILES string of the molecule is CC(C)c1ccc(OCn2ccc(C(=O)Nc3ncn(Cc4c(F)cccc4Cl)n3)n2)cc1. The third-order valence-corrected chi connectivity index (χ3v) is 5.28. The fraction of sp³-hybridized carbons (Fsp3) is 0.217. The molecule has 0 fully saturated rings. The van der Waals surface area contributed by atoms with Crippen LogP contribution in [-0.2, 0) is 13.3 Å². The lowest BCUT2D eigenvalue weighted by Crippen LogP contribution is -2.15. The summed E-state index contributed by atoms with van der Waals surface area (Å²) in [6.45, 7) is 4.50. The number of nitrogens with zero attached hydrogens (tertiary/aromatic N) is 5. The molecule has 0 saturated heterocycles. The first-order valence-electron chi connectivity index (χ1n) is 10.3. The third kappa shape index (κ3) is 5.56. The summed E-state index contributed by atoms with van der Waals surface area (Å²) in [6.07, 6.45) is 3.03. The van der Waals surface area contributed by atoms with Crippen molar-refractivity contribution < 1.29 is 13.9 Å². The first-order chi connectivity index (χ1) is 15.9. The minimum absolute atomic E-state index is 0.0727. The molecule has 2 aromatic heterocycles. The second kappa shape index (κ2) is 9.83. The van der Waals surface area contributed by atoms with Gasteiger partial charge in [0.2, 0.25) is 5.95 Å². The van der Waals surface area contributed by atoms with Gasteiger partial charge in [-0.05, 0) is 41.8 Å². The number of rotatable bonds is 8. The maximum atomic E-state index is 14.0. The summed E-state index contributed by atoms with van der Waals surface area (Å²) in [5, 5.41) is 11.2. The zero-order chi connectivity index (χ0) is 23.4. The third-order valence-electron chi connectivity index (χ3n) is 4.93. The van der Waals surface area contributed by atoms with Crippen LogP contribution in [0.1, 0.15) is 41.4 Å². The van der Waals surface area contributed by atoms with Crippen molar-refractivity contribution in [1.29, 1.82) is 0 Å². The molecule has 0 aliphatic rings. The first kappa shape index (κ1) is 22.5. The molecule has 0 atom stereocenters. The Balaban J connectivity index is 1.33. The molecular formula is C23H22ClFN6O2. The van der Waals surface area contributed by atoms with E-state index in [1.165, 1.54) is 33.4 Å². The van der Waals surface area contributed by atoms with Crippen molar-refractivity contribution in [3.8, 4) is 5.75 Å². The van der Waals surface area contributed by atoms with Crippen LogP contribution in [0.3, 0.4) is 0 Å². The summed E-state index contributed by atoms with van der Waals surface area (Å²) in [7, 11) is 0. The van der Waals surface area contributed by atoms with Crippen molar-refractivity contribution in [1.82, 2.24) is 24.5 Å². The highest BCUT2D eigenvalue weighted by atomic mass is 35.5. The van der Waals surface area contributed by atoms with Crippen LogP contribution in [0.5, 0.6) is 5.75 Å². The average molecular weight is 469 g/mol. The number of carbonyl (C=O) groups is 1. The van der Waals surface area contributed by atoms with Gasteiger partial charge in [-0.1, -0.05) is 43.6 Å². The van der Waals surface area contributed by atoms with Gasteiger partial charge in [0.25, 0.3) is 5.91 Å². The Labute approximate surface area is 195 Å². The molecular weight excluding hydrogens is 447 g/mol. The number of benzene rings is 2. The van der Waals surface area contributed by atoms with Gasteiger partial charge in [0.15, 0.2) is 12.4 Å². The van der Waals surface area contributed by atoms with E-state index in [1.807, 2.05) is 24.3 Å². The molecule has 1 amide bonds. The van der Waals surface area contributed by atoms with Crippen LogP contribution in [0.15, 0.2) is 61.1 Å². The van der Waals surface area contributed by atoms with Crippen LogP contribution in [0.25, 0.3) is 0 Å². The summed E-state index contributed by atoms with van der Waals surface area (Å²) < 4.78 is 22.6. The van der Waals surface area contributed by atoms with E-state index in [4.69, 9.17) is 16.3 Å². The zero-order valence-corrected chi connectivity index (χ0v) is 18.8. The molecule has 4 rings (SSSR count). The molecule has 33 heavy (non-hydrogen) atoms. The zero-order valence-electron chi connectivity index (χ0n) is 18.1. The molecule has 170 valence electrons. The molecule has 0 spiro atoms. The predicted octanol–water partition coefficient (Wildman–Crippen LogP) is 4.73. The highest BCUT2D eigenvalue weighted by Crippen LogP contribution is 2.20. The van der Waals surface area contributed by atoms with Crippen LogP contribution in [0.2, 0.25) is 5.02 Å². The normalized spacial score (nSPS) is 11.1. The first-order valence-corrected chi connectivity index (χ1v) is 10.7. The van der Waals surface area contributed by atoms with E-state index in [-0.39, 0.29) is 24.9 Å². The molecule has 0 radical (unpaired) electrons. The van der Waals surface area contributed by atoms with E-state index >= 15 is 0 Å². The maximum Gasteiger partial charge on any atom is 0.278 e. The lowest BCUT2D eigenvalue weighted by atomic mass is 10.0. The topological polar surface area (TPSA) is 86.9 Å². The number of ether oxygens (including phenoxy) is 1. The quantitative estimate of drug-likeness (QED) is 0.404. The molecule has 2 aromatic carbocycles. The Morgan fingerprint density at radius 1 is 1.12 bits per heavy atom. The molecule has 2 heterocycles. The molecule has 0 saturated carbocycles. The molecule has 0 unspecified atom stereocenters. The Kier molecular flexibility index (Phi) is 6.69. The van der Waals surface area contributed by atoms with E-state index in [0.717, 1.165) is 0 Å². The van der Waals surface area contributed by atoms with E-state index in [0.29, 0.717) is 22.3 Å². The number of aromatic nitrogens is 5. The van der Waals surface area contributed by atoms with E-state index in [2.05, 4.69) is 34.3 Å². The van der Waals surface area contributed by atoms with E-state index in [1.54, 1.807) is 18.3 Å². The van der Waals surface area contributed by atoms with Crippen LogP contribution in [0, 0.1) is 5.82 Å². The Bertz CT molecular complexity index is 1230. The van der Waals surface area contributed by atoms with Crippen molar-refractivity contribution >= 4 is 23.5 Å². The Hall–Kier alpha value is -3.72. The summed E-state index contributed by atoms with van der Waals surface area (Å²) in [5.41, 5.74) is 1.70. The number of halogens is 2. The number of hydrogen-bond donors (Lipinski definition) is 1. The molecule has 10 heteroatoms. The highest BCUT2D eigenvalue weighted by Gasteiger charge is 2.14. The summed E-state index contributed by atoms with van der Waals surface area (Å²) in [6, 6.07) is 13.9. The molecule has 1 N–H and O–H groups in total. The number of carbonyl (C=O) groups excluding carboxylic acids is 1. The van der Waals surface area contributed by atoms with Crippen LogP contribution >= 0.6 is 11.6 Å². The van der Waals surface area contributed by atoms with Crippen molar-refractivity contribution in [2.45, 2.75) is 33.0 Å². The molecule has 0 bridgehead atoms.